The molecule has 1 aromatic carbocycles. The first-order chi connectivity index (χ1) is 17.1. The van der Waals surface area contributed by atoms with Gasteiger partial charge in [0.05, 0.1) is 13.2 Å². The number of hydrogen-bond donors (Lipinski definition) is 3. The first-order valence-corrected chi connectivity index (χ1v) is 14.3. The highest BCUT2D eigenvalue weighted by atomic mass is 32.2. The Morgan fingerprint density at radius 2 is 1.94 bits per heavy atom. The molecule has 3 aliphatic rings. The number of nitrogens with zero attached hydrogens (tertiary/aromatic N) is 3. The van der Waals surface area contributed by atoms with E-state index < -0.39 is 16.6 Å². The minimum absolute atomic E-state index is 0.0211. The number of benzene rings is 1. The molecule has 0 radical (unpaired) electrons. The van der Waals surface area contributed by atoms with Crippen molar-refractivity contribution in [3.63, 3.8) is 0 Å². The van der Waals surface area contributed by atoms with Crippen LogP contribution in [0.1, 0.15) is 68.1 Å². The van der Waals surface area contributed by atoms with Crippen LogP contribution in [0.25, 0.3) is 5.57 Å². The molecule has 2 aliphatic heterocycles. The zero-order chi connectivity index (χ0) is 26.2. The second-order valence-corrected chi connectivity index (χ2v) is 12.1. The van der Waals surface area contributed by atoms with Crippen LogP contribution in [0.4, 0.5) is 0 Å². The zero-order valence-corrected chi connectivity index (χ0v) is 22.4. The van der Waals surface area contributed by atoms with Crippen LogP contribution in [0.3, 0.4) is 0 Å². The summed E-state index contributed by atoms with van der Waals surface area (Å²) in [5.41, 5.74) is 8.72. The molecule has 0 aromatic heterocycles. The average molecular weight is 534 g/mol. The number of carbonyl (C=O) groups excluding carboxylic acids is 1. The highest BCUT2D eigenvalue weighted by Crippen LogP contribution is 2.45. The molecule has 1 aromatic rings. The number of aldehydes is 1. The summed E-state index contributed by atoms with van der Waals surface area (Å²) >= 11 is 5.80. The van der Waals surface area contributed by atoms with Crippen molar-refractivity contribution in [2.75, 3.05) is 32.8 Å². The van der Waals surface area contributed by atoms with Crippen molar-refractivity contribution in [3.8, 4) is 0 Å². The van der Waals surface area contributed by atoms with Gasteiger partial charge in [-0.1, -0.05) is 37.3 Å². The fourth-order valence-corrected chi connectivity index (χ4v) is 8.38. The van der Waals surface area contributed by atoms with Gasteiger partial charge in [0.15, 0.2) is 5.96 Å². The van der Waals surface area contributed by atoms with E-state index in [0.29, 0.717) is 37.1 Å². The molecule has 0 amide bonds. The van der Waals surface area contributed by atoms with Gasteiger partial charge in [0.25, 0.3) is 10.0 Å². The Morgan fingerprint density at radius 3 is 2.50 bits per heavy atom. The fourth-order valence-electron chi connectivity index (χ4n) is 5.92. The third-order valence-corrected chi connectivity index (χ3v) is 10.4. The number of nitrogens with one attached hydrogen (secondary N) is 1. The Hall–Kier alpha value is -2.18. The number of guanidine groups is 1. The van der Waals surface area contributed by atoms with Gasteiger partial charge in [0, 0.05) is 42.0 Å². The monoisotopic (exact) mass is 533 g/mol. The molecule has 0 saturated carbocycles. The van der Waals surface area contributed by atoms with E-state index in [0.717, 1.165) is 41.2 Å². The summed E-state index contributed by atoms with van der Waals surface area (Å²) < 4.78 is 29.3. The molecule has 0 spiro atoms. The molecule has 9 nitrogen and oxygen atoms in total. The summed E-state index contributed by atoms with van der Waals surface area (Å²) in [5.74, 6) is -0.0623. The molecule has 0 bridgehead atoms. The lowest BCUT2D eigenvalue weighted by atomic mass is 9.76. The number of fused-ring (bicyclic) bond motifs is 1. The van der Waals surface area contributed by atoms with E-state index in [4.69, 9.17) is 23.4 Å². The van der Waals surface area contributed by atoms with Crippen molar-refractivity contribution < 1.29 is 18.3 Å². The standard InChI is InChI=1S/C25H35N5O4S2/c1-16-5-4-10-29(16)30(13-14-31)36(33,34)24-21(15-32)20-7-3-6-19(22(20)17(2)23(24)35)18-8-11-28(12-9-18)25(26)27/h3,6-7,14,16-18,32H,4-5,8-13,15H2,1-2H3,(H3,26,27). The van der Waals surface area contributed by atoms with Gasteiger partial charge < -0.3 is 20.5 Å². The topological polar surface area (TPSA) is 131 Å². The molecule has 2 saturated heterocycles. The predicted octanol–water partition coefficient (Wildman–Crippen LogP) is 2.18. The highest BCUT2D eigenvalue weighted by Gasteiger charge is 2.43. The Kier molecular flexibility index (Phi) is 7.96. The number of piperidine rings is 1. The zero-order valence-electron chi connectivity index (χ0n) is 20.8. The molecule has 4 N–H and O–H groups in total. The summed E-state index contributed by atoms with van der Waals surface area (Å²) in [5, 5.41) is 19.9. The number of hydrogen-bond acceptors (Lipinski definition) is 7. The predicted molar refractivity (Wildman–Crippen MR) is 144 cm³/mol. The molecule has 1 aliphatic carbocycles. The van der Waals surface area contributed by atoms with Crippen molar-refractivity contribution in [3.05, 3.63) is 39.8 Å². The normalized spacial score (nSPS) is 23.9. The maximum atomic E-state index is 14.1. The van der Waals surface area contributed by atoms with Gasteiger partial charge in [-0.25, -0.2) is 13.4 Å². The van der Waals surface area contributed by atoms with Crippen LogP contribution in [-0.4, -0.2) is 83.8 Å². The van der Waals surface area contributed by atoms with Gasteiger partial charge in [-0.05, 0) is 55.2 Å². The lowest BCUT2D eigenvalue weighted by molar-refractivity contribution is -0.110. The van der Waals surface area contributed by atoms with Crippen molar-refractivity contribution in [1.29, 1.82) is 5.41 Å². The smallest absolute Gasteiger partial charge is 0.257 e. The molecule has 2 unspecified atom stereocenters. The molecule has 11 heteroatoms. The molecular weight excluding hydrogens is 498 g/mol. The van der Waals surface area contributed by atoms with Gasteiger partial charge in [-0.2, -0.15) is 0 Å². The maximum absolute atomic E-state index is 14.1. The quantitative estimate of drug-likeness (QED) is 0.210. The highest BCUT2D eigenvalue weighted by molar-refractivity contribution is 7.96. The Balaban J connectivity index is 1.81. The van der Waals surface area contributed by atoms with Gasteiger partial charge >= 0.3 is 0 Å². The van der Waals surface area contributed by atoms with Crippen LogP contribution in [0.15, 0.2) is 23.1 Å². The summed E-state index contributed by atoms with van der Waals surface area (Å²) in [6.45, 7) is 4.99. The van der Waals surface area contributed by atoms with Crippen molar-refractivity contribution in [1.82, 2.24) is 14.3 Å². The van der Waals surface area contributed by atoms with E-state index in [-0.39, 0.29) is 40.2 Å². The second-order valence-electron chi connectivity index (χ2n) is 9.84. The number of carbonyl (C=O) groups is 1. The first kappa shape index (κ1) is 26.9. The van der Waals surface area contributed by atoms with Crippen molar-refractivity contribution in [2.24, 2.45) is 5.73 Å². The minimum atomic E-state index is -4.18. The number of aliphatic hydroxyl groups is 1. The molecule has 196 valence electrons. The van der Waals surface area contributed by atoms with E-state index in [9.17, 15) is 18.3 Å². The lowest BCUT2D eigenvalue weighted by Crippen LogP contribution is -2.50. The van der Waals surface area contributed by atoms with E-state index in [1.807, 2.05) is 30.9 Å². The first-order valence-electron chi connectivity index (χ1n) is 12.5. The van der Waals surface area contributed by atoms with Gasteiger partial charge in [0.2, 0.25) is 0 Å². The number of rotatable bonds is 7. The number of likely N-dealkylation sites (tertiary alicyclic amines) is 1. The van der Waals surface area contributed by atoms with Crippen LogP contribution >= 0.6 is 12.2 Å². The third kappa shape index (κ3) is 4.63. The molecule has 36 heavy (non-hydrogen) atoms. The van der Waals surface area contributed by atoms with Gasteiger partial charge in [0.1, 0.15) is 11.2 Å². The van der Waals surface area contributed by atoms with E-state index >= 15 is 0 Å². The minimum Gasteiger partial charge on any atom is -0.392 e. The average Bonchev–Trinajstić information content (AvgIpc) is 3.28. The van der Waals surface area contributed by atoms with Crippen LogP contribution in [0.5, 0.6) is 0 Å². The third-order valence-electron chi connectivity index (χ3n) is 7.79. The van der Waals surface area contributed by atoms with Gasteiger partial charge in [-0.3, -0.25) is 5.41 Å². The number of hydrazine groups is 1. The number of thiocarbonyl (C=S) groups is 1. The summed E-state index contributed by atoms with van der Waals surface area (Å²) in [6.07, 6.45) is 3.91. The lowest BCUT2D eigenvalue weighted by Gasteiger charge is -2.38. The van der Waals surface area contributed by atoms with Crippen LogP contribution < -0.4 is 5.73 Å². The summed E-state index contributed by atoms with van der Waals surface area (Å²) in [4.78, 5) is 13.6. The summed E-state index contributed by atoms with van der Waals surface area (Å²) in [7, 11) is -4.18. The van der Waals surface area contributed by atoms with Crippen LogP contribution in [0, 0.1) is 5.41 Å². The molecular formula is C25H35N5O4S2. The van der Waals surface area contributed by atoms with Crippen molar-refractivity contribution >= 4 is 44.9 Å². The molecule has 2 fully saturated rings. The van der Waals surface area contributed by atoms with Crippen LogP contribution in [-0.2, 0) is 14.8 Å². The maximum Gasteiger partial charge on any atom is 0.257 e. The second kappa shape index (κ2) is 10.7. The number of sulfonamides is 1. The molecule has 2 atom stereocenters. The van der Waals surface area contributed by atoms with E-state index in [1.165, 1.54) is 0 Å². The largest absolute Gasteiger partial charge is 0.392 e. The number of nitrogens with two attached hydrogens (primary N) is 1. The summed E-state index contributed by atoms with van der Waals surface area (Å²) in [6, 6.07) is 5.79. The molecule has 4 rings (SSSR count). The van der Waals surface area contributed by atoms with Crippen molar-refractivity contribution in [2.45, 2.75) is 57.4 Å². The fraction of sp³-hybridized carbons (Fsp3) is 0.560. The van der Waals surface area contributed by atoms with Crippen LogP contribution in [0.2, 0.25) is 0 Å². The number of aliphatic hydroxyl groups excluding tert-OH is 1. The Bertz CT molecular complexity index is 1190. The van der Waals surface area contributed by atoms with Gasteiger partial charge in [-0.15, -0.1) is 4.41 Å². The van der Waals surface area contributed by atoms with E-state index in [2.05, 4.69) is 6.07 Å². The Labute approximate surface area is 218 Å². The SMILES string of the molecule is CC1C(=S)C(S(=O)(=O)N(CC=O)N2CCCC2C)=C(CO)c2cccc(C3CCN(C(=N)N)CC3)c21. The Morgan fingerprint density at radius 1 is 1.25 bits per heavy atom. The number of allylic oxidation sites excluding steroid dienone is 1. The van der Waals surface area contributed by atoms with E-state index in [1.54, 1.807) is 5.01 Å². The molecule has 2 heterocycles.